The number of rotatable bonds is 6. The topological polar surface area (TPSA) is 98.5 Å². The molecule has 3 aromatic rings. The summed E-state index contributed by atoms with van der Waals surface area (Å²) in [6.07, 6.45) is 5.55. The average molecular weight is 528 g/mol. The number of carbonyl (C=O) groups excluding carboxylic acids is 1. The Morgan fingerprint density at radius 2 is 1.86 bits per heavy atom. The van der Waals surface area contributed by atoms with Crippen molar-refractivity contribution in [1.29, 1.82) is 0 Å². The fourth-order valence-corrected chi connectivity index (χ4v) is 5.91. The third-order valence-corrected chi connectivity index (χ3v) is 8.21. The molecule has 0 radical (unpaired) electrons. The summed E-state index contributed by atoms with van der Waals surface area (Å²) >= 11 is 6.43. The van der Waals surface area contributed by atoms with E-state index in [-0.39, 0.29) is 24.1 Å². The number of aromatic nitrogens is 2. The zero-order valence-corrected chi connectivity index (χ0v) is 21.3. The molecule has 0 bridgehead atoms. The van der Waals surface area contributed by atoms with Crippen LogP contribution in [0.2, 0.25) is 5.02 Å². The molecule has 1 saturated heterocycles. The highest BCUT2D eigenvalue weighted by molar-refractivity contribution is 7.92. The third kappa shape index (κ3) is 4.78. The van der Waals surface area contributed by atoms with Gasteiger partial charge in [0.15, 0.2) is 6.21 Å². The summed E-state index contributed by atoms with van der Waals surface area (Å²) in [7, 11) is -3.75. The van der Waals surface area contributed by atoms with Crippen LogP contribution in [-0.2, 0) is 21.2 Å². The SMILES string of the molecule is CC(C(=O)N1CCN(c2ccc(S(=O)(=O)Nc3ccncn3)cc2)CC1)[N+]1=CCc2cccc(Cl)c21.[HH]. The van der Waals surface area contributed by atoms with Gasteiger partial charge in [-0.05, 0) is 36.4 Å². The maximum atomic E-state index is 13.3. The van der Waals surface area contributed by atoms with E-state index in [0.717, 1.165) is 23.4 Å². The standard InChI is InChI=1S/C25H26ClN6O3S.H2/c1-18(32-12-10-19-3-2-4-22(26)24(19)32)25(33)31-15-13-30(14-16-31)20-5-7-21(8-6-20)36(34,35)29-23-9-11-27-17-28-23;/h2-9,11-12,17-18H,10,13-16H2,1H3,(H,27,28,29);1H/q+1;. The van der Waals surface area contributed by atoms with E-state index < -0.39 is 10.0 Å². The number of para-hydroxylation sites is 1. The molecule has 0 aliphatic carbocycles. The number of hydrogen-bond donors (Lipinski definition) is 1. The van der Waals surface area contributed by atoms with Crippen molar-refractivity contribution in [1.82, 2.24) is 14.9 Å². The number of nitrogens with zero attached hydrogens (tertiary/aromatic N) is 5. The molecule has 2 aliphatic heterocycles. The van der Waals surface area contributed by atoms with Gasteiger partial charge in [0.25, 0.3) is 15.9 Å². The van der Waals surface area contributed by atoms with Crippen LogP contribution in [0.25, 0.3) is 0 Å². The van der Waals surface area contributed by atoms with Gasteiger partial charge >= 0.3 is 0 Å². The fraction of sp³-hybridized carbons (Fsp3) is 0.280. The van der Waals surface area contributed by atoms with Gasteiger partial charge in [-0.15, -0.1) is 0 Å². The van der Waals surface area contributed by atoms with Gasteiger partial charge in [0.05, 0.1) is 11.3 Å². The van der Waals surface area contributed by atoms with Crippen LogP contribution in [0.4, 0.5) is 17.2 Å². The van der Waals surface area contributed by atoms with Crippen LogP contribution >= 0.6 is 11.6 Å². The number of anilines is 2. The quantitative estimate of drug-likeness (QED) is 0.494. The van der Waals surface area contributed by atoms with E-state index in [4.69, 9.17) is 11.6 Å². The Balaban J connectivity index is 0.00000320. The van der Waals surface area contributed by atoms with Gasteiger partial charge in [-0.3, -0.25) is 9.52 Å². The fourth-order valence-electron chi connectivity index (χ4n) is 4.61. The number of fused-ring (bicyclic) bond motifs is 1. The smallest absolute Gasteiger partial charge is 0.291 e. The minimum absolute atomic E-state index is 0. The first-order valence-corrected chi connectivity index (χ1v) is 13.5. The first kappa shape index (κ1) is 24.2. The largest absolute Gasteiger partial charge is 0.368 e. The third-order valence-electron chi connectivity index (χ3n) is 6.54. The molecule has 0 spiro atoms. The second-order valence-electron chi connectivity index (χ2n) is 8.72. The Morgan fingerprint density at radius 3 is 2.56 bits per heavy atom. The van der Waals surface area contributed by atoms with Crippen molar-refractivity contribution in [3.8, 4) is 0 Å². The highest BCUT2D eigenvalue weighted by Gasteiger charge is 2.36. The second kappa shape index (κ2) is 9.87. The maximum Gasteiger partial charge on any atom is 0.291 e. The minimum atomic E-state index is -3.75. The molecule has 5 rings (SSSR count). The zero-order chi connectivity index (χ0) is 25.3. The molecule has 2 aliphatic rings. The van der Waals surface area contributed by atoms with Gasteiger partial charge < -0.3 is 9.80 Å². The van der Waals surface area contributed by atoms with Gasteiger partial charge in [0.1, 0.15) is 17.2 Å². The molecule has 1 N–H and O–H groups in total. The Kier molecular flexibility index (Phi) is 6.63. The lowest BCUT2D eigenvalue weighted by molar-refractivity contribution is -0.459. The number of piperazine rings is 1. The van der Waals surface area contributed by atoms with E-state index in [1.165, 1.54) is 18.6 Å². The Labute approximate surface area is 216 Å². The van der Waals surface area contributed by atoms with Gasteiger partial charge in [-0.25, -0.2) is 18.4 Å². The molecule has 2 aromatic carbocycles. The van der Waals surface area contributed by atoms with Crippen LogP contribution in [0.1, 0.15) is 13.9 Å². The summed E-state index contributed by atoms with van der Waals surface area (Å²) in [6, 6.07) is 13.7. The van der Waals surface area contributed by atoms with E-state index in [1.54, 1.807) is 24.3 Å². The Hall–Kier alpha value is -3.50. The van der Waals surface area contributed by atoms with Crippen molar-refractivity contribution in [3.63, 3.8) is 0 Å². The number of nitrogens with one attached hydrogen (secondary N) is 1. The van der Waals surface area contributed by atoms with E-state index in [2.05, 4.69) is 19.6 Å². The van der Waals surface area contributed by atoms with Crippen molar-refractivity contribution < 1.29 is 19.2 Å². The lowest BCUT2D eigenvalue weighted by Crippen LogP contribution is -2.52. The first-order chi connectivity index (χ1) is 17.3. The van der Waals surface area contributed by atoms with Crippen molar-refractivity contribution >= 4 is 50.9 Å². The summed E-state index contributed by atoms with van der Waals surface area (Å²) in [5.74, 6) is 0.275. The van der Waals surface area contributed by atoms with Crippen LogP contribution in [0.5, 0.6) is 0 Å². The molecular formula is C25H28ClN6O3S+. The predicted octanol–water partition coefficient (Wildman–Crippen LogP) is 3.19. The molecule has 1 fully saturated rings. The molecule has 1 unspecified atom stereocenters. The molecule has 188 valence electrons. The lowest BCUT2D eigenvalue weighted by Gasteiger charge is -2.36. The molecule has 0 saturated carbocycles. The van der Waals surface area contributed by atoms with Gasteiger partial charge in [0.2, 0.25) is 11.7 Å². The van der Waals surface area contributed by atoms with Crippen LogP contribution in [0.15, 0.2) is 66.0 Å². The summed E-state index contributed by atoms with van der Waals surface area (Å²) in [6.45, 7) is 4.40. The van der Waals surface area contributed by atoms with Crippen molar-refractivity contribution in [2.75, 3.05) is 35.8 Å². The van der Waals surface area contributed by atoms with Crippen molar-refractivity contribution in [2.24, 2.45) is 0 Å². The summed E-state index contributed by atoms with van der Waals surface area (Å²) < 4.78 is 29.7. The van der Waals surface area contributed by atoms with E-state index >= 15 is 0 Å². The normalized spacial score (nSPS) is 16.3. The van der Waals surface area contributed by atoms with Crippen molar-refractivity contribution in [2.45, 2.75) is 24.3 Å². The molecule has 9 nitrogen and oxygen atoms in total. The number of sulfonamides is 1. The lowest BCUT2D eigenvalue weighted by atomic mass is 10.1. The van der Waals surface area contributed by atoms with E-state index in [9.17, 15) is 13.2 Å². The van der Waals surface area contributed by atoms with Gasteiger partial charge in [-0.1, -0.05) is 23.7 Å². The number of halogens is 1. The van der Waals surface area contributed by atoms with E-state index in [1.807, 2.05) is 40.8 Å². The zero-order valence-electron chi connectivity index (χ0n) is 19.7. The second-order valence-corrected chi connectivity index (χ2v) is 10.8. The van der Waals surface area contributed by atoms with Crippen LogP contribution in [-0.4, -0.2) is 72.2 Å². The molecule has 36 heavy (non-hydrogen) atoms. The number of hydrogen-bond acceptors (Lipinski definition) is 6. The van der Waals surface area contributed by atoms with Crippen LogP contribution in [0, 0.1) is 0 Å². The highest BCUT2D eigenvalue weighted by atomic mass is 35.5. The molecule has 3 heterocycles. The monoisotopic (exact) mass is 527 g/mol. The predicted molar refractivity (Wildman–Crippen MR) is 141 cm³/mol. The van der Waals surface area contributed by atoms with E-state index in [0.29, 0.717) is 31.2 Å². The Morgan fingerprint density at radius 1 is 1.11 bits per heavy atom. The van der Waals surface area contributed by atoms with Gasteiger partial charge in [0, 0.05) is 52.0 Å². The molecule has 11 heteroatoms. The first-order valence-electron chi connectivity index (χ1n) is 11.7. The summed E-state index contributed by atoms with van der Waals surface area (Å²) in [5, 5.41) is 0.656. The van der Waals surface area contributed by atoms with Crippen molar-refractivity contribution in [3.05, 3.63) is 71.6 Å². The summed E-state index contributed by atoms with van der Waals surface area (Å²) in [5.41, 5.74) is 2.96. The van der Waals surface area contributed by atoms with Crippen LogP contribution in [0.3, 0.4) is 0 Å². The minimum Gasteiger partial charge on any atom is -0.368 e. The Bertz CT molecular complexity index is 1410. The number of benzene rings is 2. The molecule has 1 atom stereocenters. The highest BCUT2D eigenvalue weighted by Crippen LogP contribution is 2.33. The average Bonchev–Trinajstić information content (AvgIpc) is 3.34. The molecule has 1 amide bonds. The van der Waals surface area contributed by atoms with Gasteiger partial charge in [-0.2, -0.15) is 4.58 Å². The number of carbonyl (C=O) groups is 1. The summed E-state index contributed by atoms with van der Waals surface area (Å²) in [4.78, 5) is 25.1. The molecule has 1 aromatic heterocycles. The molecular weight excluding hydrogens is 500 g/mol. The van der Waals surface area contributed by atoms with Crippen LogP contribution < -0.4 is 9.62 Å². The number of amides is 1. The maximum absolute atomic E-state index is 13.3.